The van der Waals surface area contributed by atoms with Gasteiger partial charge in [-0.15, -0.1) is 0 Å². The topological polar surface area (TPSA) is 80.9 Å². The zero-order chi connectivity index (χ0) is 15.0. The van der Waals surface area contributed by atoms with Crippen LogP contribution in [-0.4, -0.2) is 9.78 Å². The molecule has 2 aromatic carbocycles. The number of anilines is 1. The lowest BCUT2D eigenvalue weighted by atomic mass is 10.1. The van der Waals surface area contributed by atoms with Crippen molar-refractivity contribution in [2.45, 2.75) is 6.54 Å². The van der Waals surface area contributed by atoms with Crippen LogP contribution in [-0.2, 0) is 6.54 Å². The monoisotopic (exact) mass is 301 g/mol. The van der Waals surface area contributed by atoms with Gasteiger partial charge in [-0.05, 0) is 29.8 Å². The van der Waals surface area contributed by atoms with Crippen LogP contribution < -0.4 is 16.9 Å². The molecule has 0 aliphatic carbocycles. The highest BCUT2D eigenvalue weighted by Gasteiger charge is 2.08. The minimum absolute atomic E-state index is 0.182. The number of fused-ring (bicyclic) bond motifs is 1. The maximum absolute atomic E-state index is 12.4. The standard InChI is InChI=1S/C15H12ClN3O2/c16-10-6-5-9(13(17)7-10)8-19-15(21)12-4-2-1-3-11(12)14(20)18-19/h1-7H,8,17H2,(H,18,20). The predicted molar refractivity (Wildman–Crippen MR) is 83.8 cm³/mol. The van der Waals surface area contributed by atoms with Gasteiger partial charge < -0.3 is 5.73 Å². The van der Waals surface area contributed by atoms with Gasteiger partial charge in [-0.3, -0.25) is 14.7 Å². The van der Waals surface area contributed by atoms with Gasteiger partial charge in [-0.25, -0.2) is 4.68 Å². The third-order valence-corrected chi connectivity index (χ3v) is 3.56. The normalized spacial score (nSPS) is 10.9. The van der Waals surface area contributed by atoms with Gasteiger partial charge in [0.15, 0.2) is 0 Å². The van der Waals surface area contributed by atoms with E-state index in [4.69, 9.17) is 17.3 Å². The Morgan fingerprint density at radius 1 is 1.10 bits per heavy atom. The van der Waals surface area contributed by atoms with Crippen molar-refractivity contribution in [3.63, 3.8) is 0 Å². The number of nitrogens with zero attached hydrogens (tertiary/aromatic N) is 1. The molecule has 3 rings (SSSR count). The molecule has 1 aromatic heterocycles. The number of nitrogens with one attached hydrogen (secondary N) is 1. The molecule has 1 heterocycles. The van der Waals surface area contributed by atoms with E-state index < -0.39 is 0 Å². The number of nitrogens with two attached hydrogens (primary N) is 1. The molecule has 0 aliphatic rings. The smallest absolute Gasteiger partial charge is 0.273 e. The van der Waals surface area contributed by atoms with Crippen molar-refractivity contribution in [2.24, 2.45) is 0 Å². The third kappa shape index (κ3) is 2.43. The lowest BCUT2D eigenvalue weighted by Gasteiger charge is -2.09. The minimum atomic E-state index is -0.308. The number of aromatic nitrogens is 2. The molecule has 0 radical (unpaired) electrons. The summed E-state index contributed by atoms with van der Waals surface area (Å²) in [7, 11) is 0. The first-order valence-electron chi connectivity index (χ1n) is 6.32. The summed E-state index contributed by atoms with van der Waals surface area (Å²) in [4.78, 5) is 24.4. The summed E-state index contributed by atoms with van der Waals surface area (Å²) in [5.74, 6) is 0. The molecular weight excluding hydrogens is 290 g/mol. The Morgan fingerprint density at radius 3 is 2.52 bits per heavy atom. The second kappa shape index (κ2) is 5.10. The van der Waals surface area contributed by atoms with Crippen LogP contribution in [0.4, 0.5) is 5.69 Å². The van der Waals surface area contributed by atoms with Crippen LogP contribution in [0.25, 0.3) is 10.8 Å². The van der Waals surface area contributed by atoms with Gasteiger partial charge in [0.25, 0.3) is 11.1 Å². The lowest BCUT2D eigenvalue weighted by Crippen LogP contribution is -2.30. The number of rotatable bonds is 2. The Morgan fingerprint density at radius 2 is 1.81 bits per heavy atom. The van der Waals surface area contributed by atoms with E-state index in [1.807, 2.05) is 0 Å². The minimum Gasteiger partial charge on any atom is -0.398 e. The van der Waals surface area contributed by atoms with E-state index in [1.165, 1.54) is 4.68 Å². The van der Waals surface area contributed by atoms with E-state index in [0.717, 1.165) is 0 Å². The van der Waals surface area contributed by atoms with Crippen molar-refractivity contribution in [1.29, 1.82) is 0 Å². The summed E-state index contributed by atoms with van der Waals surface area (Å²) in [6.45, 7) is 0.182. The zero-order valence-corrected chi connectivity index (χ0v) is 11.7. The van der Waals surface area contributed by atoms with Gasteiger partial charge in [0.1, 0.15) is 0 Å². The average Bonchev–Trinajstić information content (AvgIpc) is 2.47. The highest BCUT2D eigenvalue weighted by Crippen LogP contribution is 2.18. The summed E-state index contributed by atoms with van der Waals surface area (Å²) < 4.78 is 1.25. The van der Waals surface area contributed by atoms with Gasteiger partial charge in [-0.1, -0.05) is 29.8 Å². The Kier molecular flexibility index (Phi) is 3.27. The maximum atomic E-state index is 12.4. The Balaban J connectivity index is 2.15. The summed E-state index contributed by atoms with van der Waals surface area (Å²) in [5, 5.41) is 3.85. The Bertz CT molecular complexity index is 944. The van der Waals surface area contributed by atoms with Crippen LogP contribution in [0.15, 0.2) is 52.1 Å². The maximum Gasteiger partial charge on any atom is 0.273 e. The summed E-state index contributed by atoms with van der Waals surface area (Å²) in [5.41, 5.74) is 6.50. The molecule has 0 saturated carbocycles. The fourth-order valence-corrected chi connectivity index (χ4v) is 2.42. The molecule has 0 amide bonds. The first kappa shape index (κ1) is 13.5. The van der Waals surface area contributed by atoms with Crippen LogP contribution in [0.5, 0.6) is 0 Å². The van der Waals surface area contributed by atoms with E-state index in [1.54, 1.807) is 42.5 Å². The molecule has 0 saturated heterocycles. The lowest BCUT2D eigenvalue weighted by molar-refractivity contribution is 0.638. The number of H-pyrrole nitrogens is 1. The van der Waals surface area contributed by atoms with Crippen molar-refractivity contribution in [2.75, 3.05) is 5.73 Å². The first-order chi connectivity index (χ1) is 10.1. The van der Waals surface area contributed by atoms with E-state index in [2.05, 4.69) is 5.10 Å². The molecular formula is C15H12ClN3O2. The fourth-order valence-electron chi connectivity index (χ4n) is 2.24. The molecule has 0 fully saturated rings. The average molecular weight is 302 g/mol. The second-order valence-electron chi connectivity index (χ2n) is 4.72. The first-order valence-corrected chi connectivity index (χ1v) is 6.70. The highest BCUT2D eigenvalue weighted by molar-refractivity contribution is 6.30. The van der Waals surface area contributed by atoms with Crippen molar-refractivity contribution >= 4 is 28.1 Å². The molecule has 21 heavy (non-hydrogen) atoms. The highest BCUT2D eigenvalue weighted by atomic mass is 35.5. The van der Waals surface area contributed by atoms with Crippen LogP contribution in [0, 0.1) is 0 Å². The summed E-state index contributed by atoms with van der Waals surface area (Å²) in [6.07, 6.45) is 0. The summed E-state index contributed by atoms with van der Waals surface area (Å²) >= 11 is 5.85. The van der Waals surface area contributed by atoms with Crippen LogP contribution in [0.2, 0.25) is 5.02 Å². The molecule has 106 valence electrons. The van der Waals surface area contributed by atoms with Gasteiger partial charge in [0.05, 0.1) is 17.3 Å². The summed E-state index contributed by atoms with van der Waals surface area (Å²) in [6, 6.07) is 11.7. The Hall–Kier alpha value is -2.53. The zero-order valence-electron chi connectivity index (χ0n) is 11.0. The number of benzene rings is 2. The van der Waals surface area contributed by atoms with E-state index >= 15 is 0 Å². The molecule has 0 spiro atoms. The quantitative estimate of drug-likeness (QED) is 0.710. The molecule has 5 nitrogen and oxygen atoms in total. The number of aromatic amines is 1. The van der Waals surface area contributed by atoms with Crippen molar-refractivity contribution < 1.29 is 0 Å². The van der Waals surface area contributed by atoms with Gasteiger partial charge in [0.2, 0.25) is 0 Å². The van der Waals surface area contributed by atoms with Crippen molar-refractivity contribution in [3.05, 3.63) is 73.8 Å². The molecule has 6 heteroatoms. The van der Waals surface area contributed by atoms with Crippen molar-refractivity contribution in [3.8, 4) is 0 Å². The largest absolute Gasteiger partial charge is 0.398 e. The predicted octanol–water partition coefficient (Wildman–Crippen LogP) is 1.97. The third-order valence-electron chi connectivity index (χ3n) is 3.32. The number of nitrogen functional groups attached to an aromatic ring is 1. The SMILES string of the molecule is Nc1cc(Cl)ccc1Cn1[nH]c(=O)c2ccccc2c1=O. The van der Waals surface area contributed by atoms with E-state index in [9.17, 15) is 9.59 Å². The molecule has 0 aliphatic heterocycles. The molecule has 0 bridgehead atoms. The van der Waals surface area contributed by atoms with Crippen LogP contribution >= 0.6 is 11.6 Å². The number of hydrogen-bond acceptors (Lipinski definition) is 3. The molecule has 0 atom stereocenters. The Labute approximate surface area is 124 Å². The van der Waals surface area contributed by atoms with E-state index in [-0.39, 0.29) is 17.7 Å². The van der Waals surface area contributed by atoms with Gasteiger partial charge in [-0.2, -0.15) is 0 Å². The fraction of sp³-hybridized carbons (Fsp3) is 0.0667. The van der Waals surface area contributed by atoms with Crippen molar-refractivity contribution in [1.82, 2.24) is 9.78 Å². The van der Waals surface area contributed by atoms with Crippen LogP contribution in [0.1, 0.15) is 5.56 Å². The van der Waals surface area contributed by atoms with Gasteiger partial charge >= 0.3 is 0 Å². The van der Waals surface area contributed by atoms with Crippen LogP contribution in [0.3, 0.4) is 0 Å². The number of hydrogen-bond donors (Lipinski definition) is 2. The van der Waals surface area contributed by atoms with Gasteiger partial charge in [0, 0.05) is 10.7 Å². The molecule has 3 N–H and O–H groups in total. The molecule has 3 aromatic rings. The molecule has 0 unspecified atom stereocenters. The second-order valence-corrected chi connectivity index (χ2v) is 5.16. The number of halogens is 1. The van der Waals surface area contributed by atoms with E-state index in [0.29, 0.717) is 27.0 Å².